The first-order valence-corrected chi connectivity index (χ1v) is 5.24. The molecule has 0 bridgehead atoms. The molecule has 1 aromatic rings. The van der Waals surface area contributed by atoms with Crippen molar-refractivity contribution in [1.29, 1.82) is 0 Å². The molecule has 0 saturated heterocycles. The number of halogens is 3. The largest absolute Gasteiger partial charge is 0.481 e. The smallest absolute Gasteiger partial charge is 0.305 e. The average molecular weight is 330 g/mol. The number of hydrogen-bond donors (Lipinski definition) is 1. The Labute approximate surface area is 98.4 Å². The number of carbonyl (C=O) groups is 1. The van der Waals surface area contributed by atoms with Gasteiger partial charge < -0.3 is 5.11 Å². The first-order chi connectivity index (χ1) is 6.91. The molecule has 1 aromatic heterocycles. The maximum atomic E-state index is 12.4. The van der Waals surface area contributed by atoms with Crippen LogP contribution in [0.1, 0.15) is 31.5 Å². The number of alkyl halides is 2. The molecular formula is C8H9F2IN2O2. The van der Waals surface area contributed by atoms with Crippen LogP contribution in [0, 0.1) is 3.57 Å². The van der Waals surface area contributed by atoms with Crippen LogP contribution in [-0.4, -0.2) is 20.9 Å². The van der Waals surface area contributed by atoms with Crippen molar-refractivity contribution in [2.24, 2.45) is 0 Å². The molecule has 0 aliphatic rings. The molecule has 0 aliphatic carbocycles. The summed E-state index contributed by atoms with van der Waals surface area (Å²) in [6.07, 6.45) is -1.34. The molecule has 0 amide bonds. The number of carboxylic acid groups (broad SMARTS) is 1. The van der Waals surface area contributed by atoms with Gasteiger partial charge in [0.05, 0.1) is 16.0 Å². The number of aliphatic carboxylic acids is 1. The summed E-state index contributed by atoms with van der Waals surface area (Å²) >= 11 is 1.75. The average Bonchev–Trinajstić information content (AvgIpc) is 2.46. The highest BCUT2D eigenvalue weighted by atomic mass is 127. The molecule has 0 spiro atoms. The van der Waals surface area contributed by atoms with Gasteiger partial charge in [-0.1, -0.05) is 0 Å². The third kappa shape index (κ3) is 3.11. The highest BCUT2D eigenvalue weighted by Gasteiger charge is 2.19. The lowest BCUT2D eigenvalue weighted by atomic mass is 10.2. The molecule has 1 heterocycles. The van der Waals surface area contributed by atoms with Gasteiger partial charge in [-0.2, -0.15) is 5.10 Å². The van der Waals surface area contributed by atoms with Gasteiger partial charge in [-0.15, -0.1) is 0 Å². The first kappa shape index (κ1) is 12.3. The van der Waals surface area contributed by atoms with E-state index in [0.717, 1.165) is 0 Å². The van der Waals surface area contributed by atoms with Gasteiger partial charge in [0.2, 0.25) is 0 Å². The highest BCUT2D eigenvalue weighted by Crippen LogP contribution is 2.24. The Morgan fingerprint density at radius 1 is 1.73 bits per heavy atom. The van der Waals surface area contributed by atoms with Gasteiger partial charge >= 0.3 is 5.97 Å². The van der Waals surface area contributed by atoms with Crippen molar-refractivity contribution in [1.82, 2.24) is 9.78 Å². The standard InChI is InChI=1S/C8H9F2IN2O2/c1-4(2-6(14)15)13-3-5(11)7(12-13)8(9)10/h3-4,8H,2H2,1H3,(H,14,15)/t4-/m0/s1. The molecule has 0 aromatic carbocycles. The van der Waals surface area contributed by atoms with Crippen molar-refractivity contribution in [2.45, 2.75) is 25.8 Å². The van der Waals surface area contributed by atoms with E-state index in [0.29, 0.717) is 3.57 Å². The second-order valence-corrected chi connectivity index (χ2v) is 4.25. The second kappa shape index (κ2) is 4.86. The van der Waals surface area contributed by atoms with Gasteiger partial charge in [0, 0.05) is 6.20 Å². The third-order valence-electron chi connectivity index (χ3n) is 1.84. The predicted octanol–water partition coefficient (Wildman–Crippen LogP) is 2.46. The molecule has 0 radical (unpaired) electrons. The molecule has 15 heavy (non-hydrogen) atoms. The van der Waals surface area contributed by atoms with Crippen LogP contribution in [0.3, 0.4) is 0 Å². The number of rotatable bonds is 4. The zero-order valence-electron chi connectivity index (χ0n) is 7.82. The minimum absolute atomic E-state index is 0.138. The Kier molecular flexibility index (Phi) is 4.00. The van der Waals surface area contributed by atoms with Crippen LogP contribution in [0.25, 0.3) is 0 Å². The van der Waals surface area contributed by atoms with E-state index in [4.69, 9.17) is 5.11 Å². The first-order valence-electron chi connectivity index (χ1n) is 4.16. The summed E-state index contributed by atoms with van der Waals surface area (Å²) < 4.78 is 26.3. The molecule has 0 fully saturated rings. The van der Waals surface area contributed by atoms with Crippen LogP contribution < -0.4 is 0 Å². The normalized spacial score (nSPS) is 13.1. The van der Waals surface area contributed by atoms with Crippen molar-refractivity contribution in [3.8, 4) is 0 Å². The fourth-order valence-electron chi connectivity index (χ4n) is 1.10. The fourth-order valence-corrected chi connectivity index (χ4v) is 1.73. The second-order valence-electron chi connectivity index (χ2n) is 3.09. The Bertz CT molecular complexity index is 368. The van der Waals surface area contributed by atoms with Gasteiger partial charge in [-0.3, -0.25) is 9.48 Å². The maximum absolute atomic E-state index is 12.4. The molecule has 7 heteroatoms. The summed E-state index contributed by atoms with van der Waals surface area (Å²) in [4.78, 5) is 10.4. The van der Waals surface area contributed by atoms with Crippen LogP contribution >= 0.6 is 22.6 Å². The van der Waals surface area contributed by atoms with Gasteiger partial charge in [0.1, 0.15) is 5.69 Å². The van der Waals surface area contributed by atoms with E-state index in [-0.39, 0.29) is 12.1 Å². The zero-order valence-corrected chi connectivity index (χ0v) is 9.98. The Hall–Kier alpha value is -0.730. The molecule has 1 atom stereocenters. The molecule has 1 rings (SSSR count). The maximum Gasteiger partial charge on any atom is 0.305 e. The monoisotopic (exact) mass is 330 g/mol. The van der Waals surface area contributed by atoms with E-state index in [1.165, 1.54) is 10.9 Å². The molecule has 4 nitrogen and oxygen atoms in total. The van der Waals surface area contributed by atoms with E-state index in [2.05, 4.69) is 5.10 Å². The minimum atomic E-state index is -2.63. The highest BCUT2D eigenvalue weighted by molar-refractivity contribution is 14.1. The van der Waals surface area contributed by atoms with E-state index >= 15 is 0 Å². The third-order valence-corrected chi connectivity index (χ3v) is 2.67. The fraction of sp³-hybridized carbons (Fsp3) is 0.500. The van der Waals surface area contributed by atoms with E-state index in [1.54, 1.807) is 29.5 Å². The molecule has 1 N–H and O–H groups in total. The van der Waals surface area contributed by atoms with Gasteiger partial charge in [-0.05, 0) is 29.5 Å². The van der Waals surface area contributed by atoms with E-state index in [9.17, 15) is 13.6 Å². The summed E-state index contributed by atoms with van der Waals surface area (Å²) in [6.45, 7) is 1.62. The molecule has 0 unspecified atom stereocenters. The van der Waals surface area contributed by atoms with Crippen molar-refractivity contribution in [2.75, 3.05) is 0 Å². The molecule has 84 valence electrons. The lowest BCUT2D eigenvalue weighted by molar-refractivity contribution is -0.137. The summed E-state index contributed by atoms with van der Waals surface area (Å²) in [5.41, 5.74) is -0.298. The van der Waals surface area contributed by atoms with Crippen LogP contribution in [0.5, 0.6) is 0 Å². The lowest BCUT2D eigenvalue weighted by Crippen LogP contribution is -2.11. The minimum Gasteiger partial charge on any atom is -0.481 e. The number of hydrogen-bond acceptors (Lipinski definition) is 2. The van der Waals surface area contributed by atoms with Crippen LogP contribution in [0.4, 0.5) is 8.78 Å². The summed E-state index contributed by atoms with van der Waals surface area (Å²) in [6, 6.07) is -0.427. The van der Waals surface area contributed by atoms with Gasteiger partial charge in [0.15, 0.2) is 0 Å². The summed E-state index contributed by atoms with van der Waals surface area (Å²) in [5.74, 6) is -0.980. The van der Waals surface area contributed by atoms with E-state index in [1.807, 2.05) is 0 Å². The topological polar surface area (TPSA) is 55.1 Å². The predicted molar refractivity (Wildman–Crippen MR) is 56.9 cm³/mol. The Balaban J connectivity index is 2.87. The lowest BCUT2D eigenvalue weighted by Gasteiger charge is -2.08. The van der Waals surface area contributed by atoms with Crippen LogP contribution in [-0.2, 0) is 4.79 Å². The Morgan fingerprint density at radius 2 is 2.33 bits per heavy atom. The van der Waals surface area contributed by atoms with Crippen molar-refractivity contribution in [3.63, 3.8) is 0 Å². The summed E-state index contributed by atoms with van der Waals surface area (Å²) in [7, 11) is 0. The van der Waals surface area contributed by atoms with Crippen LogP contribution in [0.15, 0.2) is 6.20 Å². The van der Waals surface area contributed by atoms with E-state index < -0.39 is 18.4 Å². The van der Waals surface area contributed by atoms with Crippen molar-refractivity contribution < 1.29 is 18.7 Å². The SMILES string of the molecule is C[C@@H](CC(=O)O)n1cc(I)c(C(F)F)n1. The van der Waals surface area contributed by atoms with Crippen LogP contribution in [0.2, 0.25) is 0 Å². The van der Waals surface area contributed by atoms with Gasteiger partial charge in [0.25, 0.3) is 6.43 Å². The molecular weight excluding hydrogens is 321 g/mol. The molecule has 0 saturated carbocycles. The number of carboxylic acids is 1. The van der Waals surface area contributed by atoms with Gasteiger partial charge in [-0.25, -0.2) is 8.78 Å². The zero-order chi connectivity index (χ0) is 11.6. The number of aromatic nitrogens is 2. The molecule has 0 aliphatic heterocycles. The summed E-state index contributed by atoms with van der Waals surface area (Å²) in [5, 5.41) is 12.2. The Morgan fingerprint density at radius 3 is 2.73 bits per heavy atom. The number of nitrogens with zero attached hydrogens (tertiary/aromatic N) is 2. The van der Waals surface area contributed by atoms with Crippen molar-refractivity contribution in [3.05, 3.63) is 15.5 Å². The quantitative estimate of drug-likeness (QED) is 0.863. The van der Waals surface area contributed by atoms with Crippen molar-refractivity contribution >= 4 is 28.6 Å².